The zero-order valence-electron chi connectivity index (χ0n) is 32.7. The first kappa shape index (κ1) is 41.2. The number of nitrogens with zero attached hydrogens (tertiary/aromatic N) is 3. The fraction of sp³-hybridized carbons (Fsp3) is 0.267. The number of pyridine rings is 1. The summed E-state index contributed by atoms with van der Waals surface area (Å²) in [5.41, 5.74) is 9.96. The maximum absolute atomic E-state index is 12.1. The number of carbonyl (C=O) groups excluding carboxylic acids is 1. The van der Waals surface area contributed by atoms with E-state index in [2.05, 4.69) is 70.1 Å². The molecule has 5 aromatic rings. The van der Waals surface area contributed by atoms with Crippen LogP contribution in [0.4, 0.5) is 0 Å². The van der Waals surface area contributed by atoms with Crippen molar-refractivity contribution in [3.63, 3.8) is 0 Å². The number of benzene rings is 4. The van der Waals surface area contributed by atoms with Gasteiger partial charge in [0.15, 0.2) is 6.61 Å². The molecule has 58 heavy (non-hydrogen) atoms. The molecule has 1 aliphatic heterocycles. The van der Waals surface area contributed by atoms with Crippen molar-refractivity contribution in [2.75, 3.05) is 33.3 Å². The molecule has 1 aromatic heterocycles. The predicted octanol–water partition coefficient (Wildman–Crippen LogP) is 7.14. The third-order valence-corrected chi connectivity index (χ3v) is 10.1. The Morgan fingerprint density at radius 3 is 2.41 bits per heavy atom. The molecule has 1 aliphatic rings. The van der Waals surface area contributed by atoms with Crippen LogP contribution < -0.4 is 30.2 Å². The van der Waals surface area contributed by atoms with E-state index in [0.29, 0.717) is 53.9 Å². The van der Waals surface area contributed by atoms with Crippen LogP contribution in [0.1, 0.15) is 51.8 Å². The summed E-state index contributed by atoms with van der Waals surface area (Å²) in [5.74, 6) is 1.23. The number of amides is 1. The minimum absolute atomic E-state index is 0.0677. The number of amidine groups is 1. The van der Waals surface area contributed by atoms with Crippen LogP contribution >= 0.6 is 11.6 Å². The fourth-order valence-corrected chi connectivity index (χ4v) is 6.90. The average molecular weight is 801 g/mol. The molecule has 0 aliphatic carbocycles. The lowest BCUT2D eigenvalue weighted by Crippen LogP contribution is -2.26. The van der Waals surface area contributed by atoms with Gasteiger partial charge in [-0.3, -0.25) is 19.6 Å². The van der Waals surface area contributed by atoms with E-state index >= 15 is 0 Å². The topological polar surface area (TPSA) is 167 Å². The average Bonchev–Trinajstić information content (AvgIpc) is 3.77. The molecule has 13 heteroatoms. The molecule has 0 bridgehead atoms. The number of aromatic nitrogens is 1. The van der Waals surface area contributed by atoms with Gasteiger partial charge in [-0.15, -0.1) is 0 Å². The first-order valence-electron chi connectivity index (χ1n) is 18.9. The van der Waals surface area contributed by atoms with E-state index in [9.17, 15) is 14.9 Å². The lowest BCUT2D eigenvalue weighted by molar-refractivity contribution is -0.137. The molecule has 6 rings (SSSR count). The van der Waals surface area contributed by atoms with Crippen LogP contribution in [0, 0.1) is 25.2 Å². The number of rotatable bonds is 18. The molecule has 0 saturated carbocycles. The summed E-state index contributed by atoms with van der Waals surface area (Å²) in [4.78, 5) is 31.8. The SMILES string of the molecule is CNC(=O)COc1cc(-c2cccc(-c3cccc(COc4cc(OCc5cncc(C#N)c5)c(CNCCCC(=O)O)cc4Cl)c3C)c2C)ccc1C1=NCCN1. The molecular formula is C45H45ClN6O6. The number of hydrogen-bond acceptors (Lipinski definition) is 10. The number of halogens is 1. The zero-order chi connectivity index (χ0) is 41.0. The van der Waals surface area contributed by atoms with Crippen molar-refractivity contribution < 1.29 is 28.9 Å². The van der Waals surface area contributed by atoms with E-state index in [1.807, 2.05) is 30.3 Å². The van der Waals surface area contributed by atoms with Crippen molar-refractivity contribution in [2.45, 2.75) is 46.4 Å². The highest BCUT2D eigenvalue weighted by atomic mass is 35.5. The molecule has 0 fully saturated rings. The van der Waals surface area contributed by atoms with Crippen LogP contribution in [0.2, 0.25) is 5.02 Å². The maximum atomic E-state index is 12.1. The van der Waals surface area contributed by atoms with Gasteiger partial charge >= 0.3 is 5.97 Å². The van der Waals surface area contributed by atoms with Gasteiger partial charge in [0, 0.05) is 56.1 Å². The van der Waals surface area contributed by atoms with Gasteiger partial charge in [-0.1, -0.05) is 54.1 Å². The number of likely N-dealkylation sites (N-methyl/N-ethyl adjacent to an activating group) is 1. The summed E-state index contributed by atoms with van der Waals surface area (Å²) in [6, 6.07) is 25.7. The molecule has 298 valence electrons. The van der Waals surface area contributed by atoms with Crippen LogP contribution in [-0.2, 0) is 29.3 Å². The Kier molecular flexibility index (Phi) is 14.0. The third-order valence-electron chi connectivity index (χ3n) is 9.81. The van der Waals surface area contributed by atoms with E-state index < -0.39 is 5.97 Å². The Labute approximate surface area is 342 Å². The number of aliphatic imine (C=N–C) groups is 1. The predicted molar refractivity (Wildman–Crippen MR) is 223 cm³/mol. The van der Waals surface area contributed by atoms with Crippen LogP contribution in [0.3, 0.4) is 0 Å². The largest absolute Gasteiger partial charge is 0.488 e. The van der Waals surface area contributed by atoms with Crippen molar-refractivity contribution in [1.82, 2.24) is 20.9 Å². The lowest BCUT2D eigenvalue weighted by Gasteiger charge is -2.19. The van der Waals surface area contributed by atoms with Gasteiger partial charge in [0.05, 0.1) is 22.7 Å². The maximum Gasteiger partial charge on any atom is 0.303 e. The summed E-state index contributed by atoms with van der Waals surface area (Å²) >= 11 is 6.80. The molecule has 4 aromatic carbocycles. The Morgan fingerprint density at radius 1 is 0.879 bits per heavy atom. The third kappa shape index (κ3) is 10.3. The van der Waals surface area contributed by atoms with E-state index in [-0.39, 0.29) is 32.1 Å². The summed E-state index contributed by atoms with van der Waals surface area (Å²) in [6.45, 7) is 6.80. The Morgan fingerprint density at radius 2 is 1.66 bits per heavy atom. The number of nitriles is 1. The quantitative estimate of drug-likeness (QED) is 0.0669. The van der Waals surface area contributed by atoms with Gasteiger partial charge < -0.3 is 35.3 Å². The summed E-state index contributed by atoms with van der Waals surface area (Å²) < 4.78 is 18.6. The van der Waals surface area contributed by atoms with Crippen LogP contribution in [0.25, 0.3) is 22.3 Å². The molecule has 0 unspecified atom stereocenters. The van der Waals surface area contributed by atoms with Crippen LogP contribution in [0.5, 0.6) is 17.2 Å². The van der Waals surface area contributed by atoms with E-state index in [0.717, 1.165) is 68.0 Å². The van der Waals surface area contributed by atoms with Gasteiger partial charge in [0.2, 0.25) is 0 Å². The molecular weight excluding hydrogens is 756 g/mol. The number of nitrogens with one attached hydrogen (secondary N) is 3. The molecule has 1 amide bonds. The summed E-state index contributed by atoms with van der Waals surface area (Å²) in [5, 5.41) is 27.9. The number of aliphatic carboxylic acids is 1. The Hall–Kier alpha value is -6.42. The number of ether oxygens (including phenoxy) is 3. The van der Waals surface area contributed by atoms with Crippen LogP contribution in [0.15, 0.2) is 90.2 Å². The number of hydrogen-bond donors (Lipinski definition) is 4. The smallest absolute Gasteiger partial charge is 0.303 e. The van der Waals surface area contributed by atoms with E-state index in [1.54, 1.807) is 31.4 Å². The zero-order valence-corrected chi connectivity index (χ0v) is 33.4. The molecule has 4 N–H and O–H groups in total. The molecule has 0 radical (unpaired) electrons. The van der Waals surface area contributed by atoms with Crippen molar-refractivity contribution >= 4 is 29.3 Å². The first-order valence-corrected chi connectivity index (χ1v) is 19.3. The second-order valence-corrected chi connectivity index (χ2v) is 14.1. The molecule has 12 nitrogen and oxygen atoms in total. The Bertz CT molecular complexity index is 2380. The lowest BCUT2D eigenvalue weighted by atomic mass is 9.89. The van der Waals surface area contributed by atoms with Gasteiger partial charge in [-0.2, -0.15) is 5.26 Å². The van der Waals surface area contributed by atoms with Gasteiger partial charge in [-0.05, 0) is 90.0 Å². The van der Waals surface area contributed by atoms with E-state index in [4.69, 9.17) is 30.9 Å². The van der Waals surface area contributed by atoms with E-state index in [1.165, 1.54) is 6.20 Å². The van der Waals surface area contributed by atoms with Gasteiger partial charge in [0.1, 0.15) is 42.4 Å². The monoisotopic (exact) mass is 800 g/mol. The first-order chi connectivity index (χ1) is 28.1. The van der Waals surface area contributed by atoms with Crippen molar-refractivity contribution in [3.8, 4) is 45.6 Å². The minimum Gasteiger partial charge on any atom is -0.488 e. The highest BCUT2D eigenvalue weighted by Crippen LogP contribution is 2.38. The number of carboxylic acids is 1. The van der Waals surface area contributed by atoms with Gasteiger partial charge in [0.25, 0.3) is 5.91 Å². The standard InChI is InChI=1S/C45H45ClN6O6/c1-28-33(26-57-42-20-40(56-25-31-17-30(21-47)22-50-23-31)34(18-39(42)46)24-49-14-6-11-44(54)55)7-4-9-36(28)37-10-5-8-35(29(37)2)32-12-13-38(45-51-15-16-52-45)41(19-32)58-27-43(53)48-3/h4-5,7-10,12-13,17-20,22-23,49H,6,11,14-16,24-27H2,1-3H3,(H,48,53)(H,51,52)(H,54,55). The van der Waals surface area contributed by atoms with Crippen molar-refractivity contribution in [2.24, 2.45) is 4.99 Å². The summed E-state index contributed by atoms with van der Waals surface area (Å²) in [6.07, 6.45) is 3.68. The fourth-order valence-electron chi connectivity index (χ4n) is 6.66. The molecule has 0 saturated heterocycles. The highest BCUT2D eigenvalue weighted by molar-refractivity contribution is 6.32. The molecule has 0 spiro atoms. The Balaban J connectivity index is 1.24. The normalized spacial score (nSPS) is 11.9. The minimum atomic E-state index is -0.844. The molecule has 2 heterocycles. The van der Waals surface area contributed by atoms with Crippen molar-refractivity contribution in [3.05, 3.63) is 129 Å². The number of carbonyl (C=O) groups is 2. The van der Waals surface area contributed by atoms with Gasteiger partial charge in [-0.25, -0.2) is 0 Å². The van der Waals surface area contributed by atoms with Crippen LogP contribution in [-0.4, -0.2) is 61.1 Å². The highest BCUT2D eigenvalue weighted by Gasteiger charge is 2.19. The second-order valence-electron chi connectivity index (χ2n) is 13.7. The number of carboxylic acid groups (broad SMARTS) is 1. The van der Waals surface area contributed by atoms with Crippen molar-refractivity contribution in [1.29, 1.82) is 5.26 Å². The second kappa shape index (κ2) is 19.6. The molecule has 0 atom stereocenters. The summed E-state index contributed by atoms with van der Waals surface area (Å²) in [7, 11) is 1.58.